The largest absolute Gasteiger partial charge is 0.507 e. The normalized spacial score (nSPS) is 12.3. The van der Waals surface area contributed by atoms with Crippen molar-refractivity contribution in [3.8, 4) is 17.2 Å². The fourth-order valence-electron chi connectivity index (χ4n) is 1.39. The van der Waals surface area contributed by atoms with Crippen LogP contribution in [0.15, 0.2) is 12.1 Å². The van der Waals surface area contributed by atoms with Gasteiger partial charge in [-0.1, -0.05) is 0 Å². The number of rotatable bonds is 4. The number of methoxy groups -OCH3 is 2. The predicted octanol–water partition coefficient (Wildman–Crippen LogP) is 0.934. The molecule has 1 aromatic rings. The van der Waals surface area contributed by atoms with Crippen LogP contribution in [-0.2, 0) is 0 Å². The van der Waals surface area contributed by atoms with Crippen LogP contribution in [0.2, 0.25) is 0 Å². The van der Waals surface area contributed by atoms with Crippen LogP contribution in [-0.4, -0.2) is 19.3 Å². The van der Waals surface area contributed by atoms with E-state index in [4.69, 9.17) is 15.3 Å². The Hall–Kier alpha value is -1.46. The van der Waals surface area contributed by atoms with Gasteiger partial charge in [0.25, 0.3) is 0 Å². The van der Waals surface area contributed by atoms with Crippen molar-refractivity contribution in [1.29, 1.82) is 0 Å². The van der Waals surface area contributed by atoms with E-state index in [1.54, 1.807) is 6.07 Å². The van der Waals surface area contributed by atoms with Crippen molar-refractivity contribution in [2.24, 2.45) is 5.84 Å². The second kappa shape index (κ2) is 4.86. The average molecular weight is 212 g/mol. The molecule has 0 bridgehead atoms. The number of benzene rings is 1. The van der Waals surface area contributed by atoms with Crippen LogP contribution in [0.1, 0.15) is 18.5 Å². The molecule has 0 aliphatic rings. The molecule has 4 N–H and O–H groups in total. The maximum atomic E-state index is 9.78. The quantitative estimate of drug-likeness (QED) is 0.511. The zero-order valence-corrected chi connectivity index (χ0v) is 9.07. The minimum Gasteiger partial charge on any atom is -0.507 e. The molecule has 0 amide bonds. The van der Waals surface area contributed by atoms with Gasteiger partial charge in [0, 0.05) is 12.1 Å². The van der Waals surface area contributed by atoms with E-state index >= 15 is 0 Å². The molecule has 0 aromatic heterocycles. The summed E-state index contributed by atoms with van der Waals surface area (Å²) < 4.78 is 10.2. The van der Waals surface area contributed by atoms with Crippen molar-refractivity contribution in [3.63, 3.8) is 0 Å². The second-order valence-electron chi connectivity index (χ2n) is 3.15. The minimum atomic E-state index is -0.203. The smallest absolute Gasteiger partial charge is 0.131 e. The maximum absolute atomic E-state index is 9.78. The van der Waals surface area contributed by atoms with Gasteiger partial charge in [-0.2, -0.15) is 0 Å². The van der Waals surface area contributed by atoms with Gasteiger partial charge in [-0.25, -0.2) is 0 Å². The molecule has 0 heterocycles. The first-order chi connectivity index (χ1) is 7.13. The van der Waals surface area contributed by atoms with E-state index in [1.807, 2.05) is 6.92 Å². The topological polar surface area (TPSA) is 76.7 Å². The van der Waals surface area contributed by atoms with Crippen molar-refractivity contribution in [1.82, 2.24) is 5.43 Å². The van der Waals surface area contributed by atoms with E-state index in [-0.39, 0.29) is 11.8 Å². The Balaban J connectivity index is 3.24. The summed E-state index contributed by atoms with van der Waals surface area (Å²) in [6, 6.07) is 3.01. The maximum Gasteiger partial charge on any atom is 0.131 e. The Kier molecular flexibility index (Phi) is 3.76. The molecule has 15 heavy (non-hydrogen) atoms. The Morgan fingerprint density at radius 2 is 2.00 bits per heavy atom. The van der Waals surface area contributed by atoms with Crippen LogP contribution in [0.3, 0.4) is 0 Å². The molecule has 0 radical (unpaired) electrons. The van der Waals surface area contributed by atoms with Gasteiger partial charge in [-0.15, -0.1) is 0 Å². The monoisotopic (exact) mass is 212 g/mol. The Bertz CT molecular complexity index is 342. The summed E-state index contributed by atoms with van der Waals surface area (Å²) in [6.45, 7) is 1.82. The number of hydrogen-bond acceptors (Lipinski definition) is 5. The van der Waals surface area contributed by atoms with Crippen LogP contribution in [0.4, 0.5) is 0 Å². The summed E-state index contributed by atoms with van der Waals surface area (Å²) in [4.78, 5) is 0. The molecule has 0 aliphatic carbocycles. The summed E-state index contributed by atoms with van der Waals surface area (Å²) >= 11 is 0. The third-order valence-electron chi connectivity index (χ3n) is 2.23. The highest BCUT2D eigenvalue weighted by molar-refractivity contribution is 5.51. The fraction of sp³-hybridized carbons (Fsp3) is 0.400. The molecule has 5 heteroatoms. The van der Waals surface area contributed by atoms with Gasteiger partial charge < -0.3 is 14.6 Å². The van der Waals surface area contributed by atoms with E-state index in [0.717, 1.165) is 0 Å². The van der Waals surface area contributed by atoms with Crippen LogP contribution in [0.25, 0.3) is 0 Å². The summed E-state index contributed by atoms with van der Waals surface area (Å²) in [5.74, 6) is 6.49. The van der Waals surface area contributed by atoms with Gasteiger partial charge in [-0.3, -0.25) is 11.3 Å². The molecule has 0 spiro atoms. The lowest BCUT2D eigenvalue weighted by atomic mass is 10.1. The van der Waals surface area contributed by atoms with Crippen LogP contribution < -0.4 is 20.7 Å². The van der Waals surface area contributed by atoms with E-state index < -0.39 is 0 Å². The van der Waals surface area contributed by atoms with Gasteiger partial charge in [0.05, 0.1) is 25.8 Å². The highest BCUT2D eigenvalue weighted by Crippen LogP contribution is 2.36. The molecule has 1 atom stereocenters. The minimum absolute atomic E-state index is 0.0941. The Morgan fingerprint density at radius 1 is 1.33 bits per heavy atom. The molecule has 0 aliphatic heterocycles. The number of phenolic OH excluding ortho intramolecular Hbond substituents is 1. The third-order valence-corrected chi connectivity index (χ3v) is 2.23. The molecule has 0 saturated carbocycles. The molecule has 1 aromatic carbocycles. The Morgan fingerprint density at radius 3 is 2.47 bits per heavy atom. The van der Waals surface area contributed by atoms with Crippen molar-refractivity contribution in [3.05, 3.63) is 17.7 Å². The molecule has 5 nitrogen and oxygen atoms in total. The highest BCUT2D eigenvalue weighted by Gasteiger charge is 2.16. The van der Waals surface area contributed by atoms with E-state index in [0.29, 0.717) is 17.1 Å². The standard InChI is InChI=1S/C10H16N2O3/c1-6(12-11)10-8(13)4-7(14-2)5-9(10)15-3/h4-6,12-13H,11H2,1-3H3/t6-/m1/s1. The van der Waals surface area contributed by atoms with E-state index in [1.165, 1.54) is 20.3 Å². The van der Waals surface area contributed by atoms with Gasteiger partial charge in [0.15, 0.2) is 0 Å². The molecule has 0 saturated heterocycles. The third kappa shape index (κ3) is 2.31. The summed E-state index contributed by atoms with van der Waals surface area (Å²) in [5.41, 5.74) is 3.17. The van der Waals surface area contributed by atoms with Crippen molar-refractivity contribution >= 4 is 0 Å². The summed E-state index contributed by atoms with van der Waals surface area (Å²) in [6.07, 6.45) is 0. The lowest BCUT2D eigenvalue weighted by Gasteiger charge is -2.17. The number of nitrogens with two attached hydrogens (primary N) is 1. The lowest BCUT2D eigenvalue weighted by molar-refractivity contribution is 0.372. The van der Waals surface area contributed by atoms with Crippen molar-refractivity contribution in [2.75, 3.05) is 14.2 Å². The first kappa shape index (κ1) is 11.6. The fourth-order valence-corrected chi connectivity index (χ4v) is 1.39. The molecule has 0 unspecified atom stereocenters. The van der Waals surface area contributed by atoms with Crippen LogP contribution >= 0.6 is 0 Å². The van der Waals surface area contributed by atoms with Crippen LogP contribution in [0.5, 0.6) is 17.2 Å². The molecule has 84 valence electrons. The number of ether oxygens (including phenoxy) is 2. The summed E-state index contributed by atoms with van der Waals surface area (Å²) in [5, 5.41) is 9.78. The number of hydrazine groups is 1. The SMILES string of the molecule is COc1cc(O)c([C@@H](C)NN)c(OC)c1. The first-order valence-electron chi connectivity index (χ1n) is 4.55. The first-order valence-corrected chi connectivity index (χ1v) is 4.55. The van der Waals surface area contributed by atoms with E-state index in [2.05, 4.69) is 5.43 Å². The van der Waals surface area contributed by atoms with Crippen LogP contribution in [0, 0.1) is 0 Å². The van der Waals surface area contributed by atoms with Crippen molar-refractivity contribution < 1.29 is 14.6 Å². The van der Waals surface area contributed by atoms with Gasteiger partial charge in [-0.05, 0) is 6.92 Å². The van der Waals surface area contributed by atoms with Gasteiger partial charge >= 0.3 is 0 Å². The highest BCUT2D eigenvalue weighted by atomic mass is 16.5. The Labute approximate surface area is 88.8 Å². The number of hydrogen-bond donors (Lipinski definition) is 3. The van der Waals surface area contributed by atoms with E-state index in [9.17, 15) is 5.11 Å². The second-order valence-corrected chi connectivity index (χ2v) is 3.15. The number of phenols is 1. The number of nitrogens with one attached hydrogen (secondary N) is 1. The van der Waals surface area contributed by atoms with Gasteiger partial charge in [0.1, 0.15) is 17.2 Å². The molecular weight excluding hydrogens is 196 g/mol. The van der Waals surface area contributed by atoms with Crippen molar-refractivity contribution in [2.45, 2.75) is 13.0 Å². The predicted molar refractivity (Wildman–Crippen MR) is 56.9 cm³/mol. The zero-order valence-electron chi connectivity index (χ0n) is 9.07. The molecule has 0 fully saturated rings. The summed E-state index contributed by atoms with van der Waals surface area (Å²) in [7, 11) is 3.06. The number of aromatic hydroxyl groups is 1. The average Bonchev–Trinajstić information content (AvgIpc) is 2.26. The zero-order chi connectivity index (χ0) is 11.4. The lowest BCUT2D eigenvalue weighted by Crippen LogP contribution is -2.26. The van der Waals surface area contributed by atoms with Gasteiger partial charge in [0.2, 0.25) is 0 Å². The molecule has 1 rings (SSSR count). The molecular formula is C10H16N2O3.